The van der Waals surface area contributed by atoms with E-state index in [1.165, 1.54) is 21.3 Å². The van der Waals surface area contributed by atoms with Gasteiger partial charge in [0.25, 0.3) is 0 Å². The highest BCUT2D eigenvalue weighted by atomic mass is 16.6. The molecule has 0 saturated carbocycles. The van der Waals surface area contributed by atoms with E-state index in [0.29, 0.717) is 53.8 Å². The number of fused-ring (bicyclic) bond motifs is 3. The van der Waals surface area contributed by atoms with Crippen molar-refractivity contribution in [2.24, 2.45) is 0 Å². The number of alkyl carbamates (subject to hydrolysis) is 6. The lowest BCUT2D eigenvalue weighted by Gasteiger charge is -2.23. The van der Waals surface area contributed by atoms with Crippen LogP contribution in [0.2, 0.25) is 0 Å². The van der Waals surface area contributed by atoms with Crippen molar-refractivity contribution in [3.05, 3.63) is 69.8 Å². The molecule has 0 unspecified atom stereocenters. The van der Waals surface area contributed by atoms with Crippen LogP contribution in [0.15, 0.2) is 36.4 Å². The second-order valence-corrected chi connectivity index (χ2v) is 24.1. The van der Waals surface area contributed by atoms with Gasteiger partial charge in [0.2, 0.25) is 0 Å². The Labute approximate surface area is 539 Å². The van der Waals surface area contributed by atoms with Crippen LogP contribution in [0.1, 0.15) is 153 Å². The highest BCUT2D eigenvalue weighted by Gasteiger charge is 2.28. The fourth-order valence-corrected chi connectivity index (χ4v) is 8.76. The van der Waals surface area contributed by atoms with E-state index < -0.39 is 109 Å². The summed E-state index contributed by atoms with van der Waals surface area (Å²) in [5, 5.41) is 42.6. The van der Waals surface area contributed by atoms with Crippen LogP contribution in [-0.4, -0.2) is 166 Å². The molecule has 1 aliphatic carbocycles. The van der Waals surface area contributed by atoms with E-state index in [0.717, 1.165) is 33.4 Å². The maximum absolute atomic E-state index is 12.8. The molecule has 0 spiro atoms. The first-order valence-electron chi connectivity index (χ1n) is 30.2. The summed E-state index contributed by atoms with van der Waals surface area (Å²) in [6.45, 7) is 15.3. The van der Waals surface area contributed by atoms with E-state index in [-0.39, 0.29) is 78.0 Å². The van der Waals surface area contributed by atoms with E-state index in [9.17, 15) is 58.5 Å². The quantitative estimate of drug-likeness (QED) is 0.0123. The zero-order valence-electron chi connectivity index (χ0n) is 54.8. The fourth-order valence-electron chi connectivity index (χ4n) is 8.76. The smallest absolute Gasteiger partial charge is 0.410 e. The monoisotopic (exact) mass is 1310 g/mol. The first kappa shape index (κ1) is 75.9. The largest absolute Gasteiger partial charge is 0.493 e. The van der Waals surface area contributed by atoms with Crippen LogP contribution >= 0.6 is 0 Å². The van der Waals surface area contributed by atoms with Gasteiger partial charge in [0, 0.05) is 38.9 Å². The van der Waals surface area contributed by atoms with Crippen LogP contribution in [0.25, 0.3) is 0 Å². The molecular formula is C63H90N6O24. The number of carbonyl (C=O) groups excluding carboxylic acids is 6. The Kier molecular flexibility index (Phi) is 29.8. The van der Waals surface area contributed by atoms with Gasteiger partial charge in [0.05, 0.1) is 60.4 Å². The molecular weight excluding hydrogens is 1220 g/mol. The average Bonchev–Trinajstić information content (AvgIpc) is 1.75. The minimum atomic E-state index is -1.29. The lowest BCUT2D eigenvalue weighted by atomic mass is 9.94. The number of carboxylic acids is 3. The van der Waals surface area contributed by atoms with Crippen molar-refractivity contribution in [3.8, 4) is 34.5 Å². The molecule has 9 N–H and O–H groups in total. The van der Waals surface area contributed by atoms with Crippen molar-refractivity contribution >= 4 is 54.5 Å². The Morgan fingerprint density at radius 2 is 0.602 bits per heavy atom. The van der Waals surface area contributed by atoms with E-state index in [4.69, 9.17) is 56.8 Å². The number of hydrogen-bond acceptors (Lipinski definition) is 21. The zero-order valence-corrected chi connectivity index (χ0v) is 54.8. The minimum Gasteiger partial charge on any atom is -0.493 e. The lowest BCUT2D eigenvalue weighted by molar-refractivity contribution is -0.138. The van der Waals surface area contributed by atoms with Gasteiger partial charge in [-0.05, 0) is 171 Å². The van der Waals surface area contributed by atoms with Gasteiger partial charge in [-0.25, -0.2) is 28.8 Å². The minimum absolute atomic E-state index is 0.0654. The first-order chi connectivity index (χ1) is 43.7. The van der Waals surface area contributed by atoms with E-state index >= 15 is 0 Å². The van der Waals surface area contributed by atoms with Gasteiger partial charge in [-0.3, -0.25) is 30.3 Å². The Hall–Kier alpha value is -9.51. The Morgan fingerprint density at radius 1 is 0.376 bits per heavy atom. The average molecular weight is 1320 g/mol. The number of amides is 6. The molecule has 0 fully saturated rings. The van der Waals surface area contributed by atoms with Crippen molar-refractivity contribution in [3.63, 3.8) is 0 Å². The summed E-state index contributed by atoms with van der Waals surface area (Å²) in [7, 11) is 4.51. The van der Waals surface area contributed by atoms with Gasteiger partial charge in [0.1, 0.15) is 16.8 Å². The predicted molar refractivity (Wildman–Crippen MR) is 331 cm³/mol. The van der Waals surface area contributed by atoms with Gasteiger partial charge in [0.15, 0.2) is 53.2 Å². The molecule has 3 aromatic rings. The Balaban J connectivity index is 1.58. The second kappa shape index (κ2) is 36.5. The molecule has 0 heterocycles. The van der Waals surface area contributed by atoms with E-state index in [2.05, 4.69) is 31.9 Å². The van der Waals surface area contributed by atoms with Crippen molar-refractivity contribution in [1.29, 1.82) is 0 Å². The fraction of sp³-hybridized carbons (Fsp3) is 0.571. The number of methoxy groups -OCH3 is 3. The Morgan fingerprint density at radius 3 is 0.806 bits per heavy atom. The van der Waals surface area contributed by atoms with Gasteiger partial charge >= 0.3 is 54.5 Å². The number of ether oxygens (including phenoxy) is 12. The third kappa shape index (κ3) is 29.5. The number of benzene rings is 3. The molecule has 516 valence electrons. The Bertz CT molecular complexity index is 2730. The highest BCUT2D eigenvalue weighted by molar-refractivity contribution is 5.73. The zero-order chi connectivity index (χ0) is 69.1. The molecule has 6 amide bonds. The van der Waals surface area contributed by atoms with Crippen LogP contribution in [-0.2, 0) is 62.1 Å². The number of carboxylic acid groups (broad SMARTS) is 3. The van der Waals surface area contributed by atoms with Crippen LogP contribution in [0, 0.1) is 0 Å². The van der Waals surface area contributed by atoms with Gasteiger partial charge in [-0.1, -0.05) is 0 Å². The SMILES string of the molecule is COc1cc2c(cc1OCCCNC(=O)O[C@@H](CCC(=O)O)NC(=O)OC(C)(C)C)Cc1cc(OC)c(OCCCNC(=O)O[C@@H](CCC(=O)O)NC(=O)OC(C)(C)C)cc1Cc1cc(OC)c(OCCCNC(=O)O[C@@H](CCC(=O)O)NC(=O)OC(C)(C)C)cc1C2. The molecule has 0 bridgehead atoms. The molecule has 0 aromatic heterocycles. The predicted octanol–water partition coefficient (Wildman–Crippen LogP) is 8.43. The van der Waals surface area contributed by atoms with Gasteiger partial charge in [-0.15, -0.1) is 0 Å². The number of rotatable bonds is 33. The molecule has 3 atom stereocenters. The lowest BCUT2D eigenvalue weighted by Crippen LogP contribution is -2.43. The molecule has 30 nitrogen and oxygen atoms in total. The van der Waals surface area contributed by atoms with Gasteiger partial charge in [-0.2, -0.15) is 0 Å². The highest BCUT2D eigenvalue weighted by Crippen LogP contribution is 2.41. The van der Waals surface area contributed by atoms with Gasteiger partial charge < -0.3 is 88.1 Å². The van der Waals surface area contributed by atoms with E-state index in [1.54, 1.807) is 62.3 Å². The molecule has 0 aliphatic heterocycles. The van der Waals surface area contributed by atoms with Crippen molar-refractivity contribution in [2.75, 3.05) is 60.8 Å². The van der Waals surface area contributed by atoms with Crippen molar-refractivity contribution < 1.29 is 115 Å². The number of nitrogens with one attached hydrogen (secondary N) is 6. The summed E-state index contributed by atoms with van der Waals surface area (Å²) in [6.07, 6.45) is -9.22. The molecule has 1 aliphatic rings. The molecule has 3 aromatic carbocycles. The molecule has 0 saturated heterocycles. The van der Waals surface area contributed by atoms with Crippen molar-refractivity contribution in [2.45, 2.75) is 175 Å². The third-order valence-corrected chi connectivity index (χ3v) is 12.8. The van der Waals surface area contributed by atoms with Crippen molar-refractivity contribution in [1.82, 2.24) is 31.9 Å². The number of hydrogen-bond donors (Lipinski definition) is 9. The first-order valence-corrected chi connectivity index (χ1v) is 30.2. The van der Waals surface area contributed by atoms with Crippen LogP contribution in [0.4, 0.5) is 28.8 Å². The maximum Gasteiger partial charge on any atom is 0.410 e. The summed E-state index contributed by atoms with van der Waals surface area (Å²) in [6, 6.07) is 11.2. The summed E-state index contributed by atoms with van der Waals surface area (Å²) < 4.78 is 68.3. The summed E-state index contributed by atoms with van der Waals surface area (Å²) in [4.78, 5) is 110. The van der Waals surface area contributed by atoms with E-state index in [1.807, 2.05) is 36.4 Å². The topological polar surface area (TPSA) is 397 Å². The molecule has 93 heavy (non-hydrogen) atoms. The molecule has 30 heteroatoms. The van der Waals surface area contributed by atoms with Crippen LogP contribution < -0.4 is 60.3 Å². The maximum atomic E-state index is 12.8. The third-order valence-electron chi connectivity index (χ3n) is 12.8. The second-order valence-electron chi connectivity index (χ2n) is 24.1. The standard InChI is InChI=1S/C63H90N6O24/c1-61(2,3)91-58(79)67-49(16-19-52(70)71)88-55(76)64-22-13-25-85-46-34-40-28-38-32-44(83-11)48(87-27-15-24-66-57(78)90-51(18-21-54(74)75)69-60(81)93-63(7,8)9)36-42(38)30-39-33-45(84-12)47(35-41(39)29-37(40)31-43(46)82-10)86-26-14-23-65-56(77)89-50(17-20-53(72)73)68-59(80)92-62(4,5)6/h31-36,49-51H,13-30H2,1-12H3,(H,64,76)(H,65,77)(H,66,78)(H,67,79)(H,68,80)(H,69,81)(H,70,71)(H,72,73)(H,74,75)/t49-,50-,51-/m0/s1. The number of aliphatic carboxylic acids is 3. The summed E-state index contributed by atoms with van der Waals surface area (Å²) in [5.41, 5.74) is 2.51. The van der Waals surface area contributed by atoms with Crippen LogP contribution in [0.5, 0.6) is 34.5 Å². The van der Waals surface area contributed by atoms with Crippen LogP contribution in [0.3, 0.4) is 0 Å². The molecule has 0 radical (unpaired) electrons. The normalized spacial score (nSPS) is 12.8. The molecule has 4 rings (SSSR count). The summed E-state index contributed by atoms with van der Waals surface area (Å²) >= 11 is 0. The summed E-state index contributed by atoms with van der Waals surface area (Å²) in [5.74, 6) is -1.10. The number of carbonyl (C=O) groups is 9.